The SMILES string of the molecule is CC1=C(c2cccc(C(C)C(C)C(=O)O)c2)C1(C)C(=O)O. The van der Waals surface area contributed by atoms with E-state index in [4.69, 9.17) is 5.11 Å². The van der Waals surface area contributed by atoms with E-state index in [0.29, 0.717) is 0 Å². The zero-order valence-electron chi connectivity index (χ0n) is 12.7. The molecule has 2 N–H and O–H groups in total. The molecular weight excluding hydrogens is 268 g/mol. The second kappa shape index (κ2) is 5.02. The fraction of sp³-hybridized carbons (Fsp3) is 0.412. The van der Waals surface area contributed by atoms with E-state index in [2.05, 4.69) is 0 Å². The van der Waals surface area contributed by atoms with Gasteiger partial charge in [-0.2, -0.15) is 0 Å². The van der Waals surface area contributed by atoms with Crippen LogP contribution in [0.3, 0.4) is 0 Å². The molecule has 2 rings (SSSR count). The molecule has 1 aliphatic carbocycles. The first kappa shape index (κ1) is 15.3. The van der Waals surface area contributed by atoms with E-state index in [1.165, 1.54) is 0 Å². The van der Waals surface area contributed by atoms with Gasteiger partial charge in [-0.05, 0) is 42.0 Å². The molecule has 0 saturated heterocycles. The Bertz CT molecular complexity index is 644. The van der Waals surface area contributed by atoms with E-state index < -0.39 is 23.3 Å². The van der Waals surface area contributed by atoms with Gasteiger partial charge in [0.25, 0.3) is 0 Å². The molecule has 0 aliphatic heterocycles. The van der Waals surface area contributed by atoms with Crippen LogP contribution in [-0.2, 0) is 9.59 Å². The molecule has 21 heavy (non-hydrogen) atoms. The molecule has 3 unspecified atom stereocenters. The molecule has 3 atom stereocenters. The van der Waals surface area contributed by atoms with Crippen molar-refractivity contribution in [2.75, 3.05) is 0 Å². The molecule has 4 heteroatoms. The minimum Gasteiger partial charge on any atom is -0.481 e. The third-order valence-corrected chi connectivity index (χ3v) is 4.83. The van der Waals surface area contributed by atoms with Gasteiger partial charge in [-0.25, -0.2) is 0 Å². The van der Waals surface area contributed by atoms with Crippen molar-refractivity contribution < 1.29 is 19.8 Å². The fourth-order valence-electron chi connectivity index (χ4n) is 2.78. The van der Waals surface area contributed by atoms with Crippen LogP contribution < -0.4 is 0 Å². The summed E-state index contributed by atoms with van der Waals surface area (Å²) in [6.45, 7) is 7.10. The highest BCUT2D eigenvalue weighted by Gasteiger charge is 2.53. The van der Waals surface area contributed by atoms with Crippen molar-refractivity contribution in [2.45, 2.75) is 33.6 Å². The summed E-state index contributed by atoms with van der Waals surface area (Å²) in [6.07, 6.45) is 0. The zero-order valence-corrected chi connectivity index (χ0v) is 12.7. The minimum atomic E-state index is -0.875. The van der Waals surface area contributed by atoms with Gasteiger partial charge in [0, 0.05) is 0 Å². The lowest BCUT2D eigenvalue weighted by molar-refractivity contribution is -0.142. The van der Waals surface area contributed by atoms with Gasteiger partial charge < -0.3 is 10.2 Å². The highest BCUT2D eigenvalue weighted by atomic mass is 16.4. The molecule has 0 bridgehead atoms. The second-order valence-electron chi connectivity index (χ2n) is 5.97. The highest BCUT2D eigenvalue weighted by molar-refractivity contribution is 6.07. The number of benzene rings is 1. The van der Waals surface area contributed by atoms with Gasteiger partial charge >= 0.3 is 11.9 Å². The Morgan fingerprint density at radius 1 is 1.19 bits per heavy atom. The summed E-state index contributed by atoms with van der Waals surface area (Å²) in [5, 5.41) is 18.5. The van der Waals surface area contributed by atoms with Crippen molar-refractivity contribution in [3.63, 3.8) is 0 Å². The summed E-state index contributed by atoms with van der Waals surface area (Å²) >= 11 is 0. The standard InChI is InChI=1S/C17H20O4/c1-9(10(2)15(18)19)12-6-5-7-13(8-12)14-11(3)17(14,4)16(20)21/h5-10H,1-4H3,(H,18,19)(H,20,21). The highest BCUT2D eigenvalue weighted by Crippen LogP contribution is 2.58. The minimum absolute atomic E-state index is 0.127. The molecule has 0 amide bonds. The Balaban J connectivity index is 2.33. The van der Waals surface area contributed by atoms with Crippen molar-refractivity contribution >= 4 is 17.5 Å². The lowest BCUT2D eigenvalue weighted by Crippen LogP contribution is -2.17. The molecule has 1 aromatic carbocycles. The number of aliphatic carboxylic acids is 2. The van der Waals surface area contributed by atoms with E-state index in [1.54, 1.807) is 13.8 Å². The summed E-state index contributed by atoms with van der Waals surface area (Å²) in [5.74, 6) is -2.28. The van der Waals surface area contributed by atoms with Gasteiger partial charge in [-0.1, -0.05) is 38.1 Å². The van der Waals surface area contributed by atoms with Crippen LogP contribution in [0.1, 0.15) is 44.7 Å². The van der Waals surface area contributed by atoms with Gasteiger partial charge in [-0.3, -0.25) is 9.59 Å². The first-order valence-corrected chi connectivity index (χ1v) is 6.99. The van der Waals surface area contributed by atoms with E-state index in [-0.39, 0.29) is 5.92 Å². The summed E-state index contributed by atoms with van der Waals surface area (Å²) < 4.78 is 0. The van der Waals surface area contributed by atoms with Crippen LogP contribution in [0.4, 0.5) is 0 Å². The summed E-state index contributed by atoms with van der Waals surface area (Å²) in [6, 6.07) is 7.55. The molecule has 0 radical (unpaired) electrons. The van der Waals surface area contributed by atoms with Gasteiger partial charge in [0.05, 0.1) is 5.92 Å². The van der Waals surface area contributed by atoms with Crippen LogP contribution in [-0.4, -0.2) is 22.2 Å². The molecule has 0 fully saturated rings. The van der Waals surface area contributed by atoms with E-state index in [0.717, 1.165) is 22.3 Å². The first-order valence-electron chi connectivity index (χ1n) is 6.99. The molecule has 1 aromatic rings. The number of carbonyl (C=O) groups is 2. The zero-order chi connectivity index (χ0) is 15.9. The average Bonchev–Trinajstić information content (AvgIpc) is 3.01. The number of hydrogen-bond acceptors (Lipinski definition) is 2. The van der Waals surface area contributed by atoms with Crippen molar-refractivity contribution in [3.8, 4) is 0 Å². The van der Waals surface area contributed by atoms with E-state index >= 15 is 0 Å². The molecule has 0 spiro atoms. The number of carboxylic acids is 2. The maximum absolute atomic E-state index is 11.4. The third-order valence-electron chi connectivity index (χ3n) is 4.83. The number of rotatable bonds is 5. The Morgan fingerprint density at radius 2 is 1.81 bits per heavy atom. The molecule has 112 valence electrons. The lowest BCUT2D eigenvalue weighted by atomic mass is 9.87. The van der Waals surface area contributed by atoms with Crippen molar-refractivity contribution in [1.82, 2.24) is 0 Å². The Morgan fingerprint density at radius 3 is 2.29 bits per heavy atom. The van der Waals surface area contributed by atoms with E-state index in [1.807, 2.05) is 38.1 Å². The van der Waals surface area contributed by atoms with Gasteiger partial charge in [0.1, 0.15) is 5.41 Å². The maximum atomic E-state index is 11.4. The van der Waals surface area contributed by atoms with Gasteiger partial charge in [-0.15, -0.1) is 0 Å². The van der Waals surface area contributed by atoms with Crippen molar-refractivity contribution in [1.29, 1.82) is 0 Å². The van der Waals surface area contributed by atoms with E-state index in [9.17, 15) is 14.7 Å². The van der Waals surface area contributed by atoms with Gasteiger partial charge in [0.15, 0.2) is 0 Å². The molecule has 0 saturated carbocycles. The molecule has 1 aliphatic rings. The Kier molecular flexibility index (Phi) is 3.66. The predicted octanol–water partition coefficient (Wildman–Crippen LogP) is 3.39. The monoisotopic (exact) mass is 288 g/mol. The predicted molar refractivity (Wildman–Crippen MR) is 80.0 cm³/mol. The smallest absolute Gasteiger partial charge is 0.318 e. The molecule has 0 aromatic heterocycles. The summed E-state index contributed by atoms with van der Waals surface area (Å²) in [5.41, 5.74) is 2.63. The van der Waals surface area contributed by atoms with Crippen molar-refractivity contribution in [3.05, 3.63) is 41.0 Å². The Hall–Kier alpha value is -2.10. The van der Waals surface area contributed by atoms with Crippen LogP contribution in [0.2, 0.25) is 0 Å². The van der Waals surface area contributed by atoms with Crippen molar-refractivity contribution in [2.24, 2.45) is 11.3 Å². The molecule has 4 nitrogen and oxygen atoms in total. The quantitative estimate of drug-likeness (QED) is 0.871. The number of hydrogen-bond donors (Lipinski definition) is 2. The fourth-order valence-corrected chi connectivity index (χ4v) is 2.78. The third kappa shape index (κ3) is 2.35. The van der Waals surface area contributed by atoms with Gasteiger partial charge in [0.2, 0.25) is 0 Å². The van der Waals surface area contributed by atoms with Crippen LogP contribution in [0, 0.1) is 11.3 Å². The molecular formula is C17H20O4. The first-order chi connectivity index (χ1) is 9.71. The largest absolute Gasteiger partial charge is 0.481 e. The number of carboxylic acid groups (broad SMARTS) is 2. The second-order valence-corrected chi connectivity index (χ2v) is 5.97. The van der Waals surface area contributed by atoms with Crippen LogP contribution in [0.5, 0.6) is 0 Å². The maximum Gasteiger partial charge on any atom is 0.318 e. The average molecular weight is 288 g/mol. The summed E-state index contributed by atoms with van der Waals surface area (Å²) in [7, 11) is 0. The van der Waals surface area contributed by atoms with Crippen LogP contribution in [0.25, 0.3) is 5.57 Å². The summed E-state index contributed by atoms with van der Waals surface area (Å²) in [4.78, 5) is 22.5. The lowest BCUT2D eigenvalue weighted by Gasteiger charge is -2.17. The topological polar surface area (TPSA) is 74.6 Å². The van der Waals surface area contributed by atoms with Crippen LogP contribution in [0.15, 0.2) is 29.8 Å². The van der Waals surface area contributed by atoms with Crippen LogP contribution >= 0.6 is 0 Å². The normalized spacial score (nSPS) is 23.6. The Labute approximate surface area is 124 Å². The molecule has 0 heterocycles.